The molecule has 0 aromatic carbocycles. The Morgan fingerprint density at radius 3 is 2.84 bits per heavy atom. The van der Waals surface area contributed by atoms with Crippen LogP contribution in [0, 0.1) is 13.8 Å². The Kier molecular flexibility index (Phi) is 4.78. The third-order valence-electron chi connectivity index (χ3n) is 4.32. The SMILES string of the molecule is CC(=O)NCc1cnc(C)nc1[C@@H]1CCCN1C(=O)c1ncoc1C. The Morgan fingerprint density at radius 2 is 2.16 bits per heavy atom. The van der Waals surface area contributed by atoms with E-state index in [1.54, 1.807) is 18.0 Å². The summed E-state index contributed by atoms with van der Waals surface area (Å²) in [6, 6.07) is -0.158. The average molecular weight is 343 g/mol. The molecule has 0 unspecified atom stereocenters. The van der Waals surface area contributed by atoms with Crippen molar-refractivity contribution in [2.24, 2.45) is 0 Å². The van der Waals surface area contributed by atoms with E-state index in [0.717, 1.165) is 24.1 Å². The molecule has 0 spiro atoms. The van der Waals surface area contributed by atoms with Crippen molar-refractivity contribution in [2.75, 3.05) is 6.54 Å². The summed E-state index contributed by atoms with van der Waals surface area (Å²) in [5.41, 5.74) is 1.94. The van der Waals surface area contributed by atoms with Gasteiger partial charge in [0, 0.05) is 31.8 Å². The van der Waals surface area contributed by atoms with Gasteiger partial charge in [-0.15, -0.1) is 0 Å². The molecule has 1 aliphatic rings. The number of likely N-dealkylation sites (tertiary alicyclic amines) is 1. The molecule has 1 saturated heterocycles. The van der Waals surface area contributed by atoms with E-state index in [-0.39, 0.29) is 17.9 Å². The van der Waals surface area contributed by atoms with E-state index in [1.165, 1.54) is 13.3 Å². The van der Waals surface area contributed by atoms with Crippen molar-refractivity contribution in [1.82, 2.24) is 25.2 Å². The van der Waals surface area contributed by atoms with Gasteiger partial charge in [0.25, 0.3) is 5.91 Å². The van der Waals surface area contributed by atoms with Crippen molar-refractivity contribution >= 4 is 11.8 Å². The predicted octanol–water partition coefficient (Wildman–Crippen LogP) is 1.69. The number of nitrogens with one attached hydrogen (secondary N) is 1. The molecule has 1 aliphatic heterocycles. The summed E-state index contributed by atoms with van der Waals surface area (Å²) in [6.45, 7) is 5.98. The van der Waals surface area contributed by atoms with E-state index in [2.05, 4.69) is 20.3 Å². The van der Waals surface area contributed by atoms with Crippen LogP contribution in [0.3, 0.4) is 0 Å². The zero-order valence-electron chi connectivity index (χ0n) is 14.6. The molecule has 2 aromatic heterocycles. The number of carbonyl (C=O) groups is 2. The summed E-state index contributed by atoms with van der Waals surface area (Å²) >= 11 is 0. The van der Waals surface area contributed by atoms with Crippen molar-refractivity contribution in [3.63, 3.8) is 0 Å². The molecule has 132 valence electrons. The maximum Gasteiger partial charge on any atom is 0.276 e. The summed E-state index contributed by atoms with van der Waals surface area (Å²) in [5.74, 6) is 0.867. The van der Waals surface area contributed by atoms with Crippen LogP contribution in [0.5, 0.6) is 0 Å². The maximum absolute atomic E-state index is 12.9. The number of oxazole rings is 1. The van der Waals surface area contributed by atoms with Gasteiger partial charge in [0.15, 0.2) is 12.1 Å². The Labute approximate surface area is 145 Å². The highest BCUT2D eigenvalue weighted by Crippen LogP contribution is 2.34. The van der Waals surface area contributed by atoms with Gasteiger partial charge in [-0.1, -0.05) is 0 Å². The molecule has 0 bridgehead atoms. The number of amides is 2. The van der Waals surface area contributed by atoms with Gasteiger partial charge >= 0.3 is 0 Å². The Balaban J connectivity index is 1.91. The van der Waals surface area contributed by atoms with Crippen LogP contribution < -0.4 is 5.32 Å². The standard InChI is InChI=1S/C17H21N5O3/c1-10-15(20-9-25-10)17(24)22-6-4-5-14(22)16-13(8-19-12(3)23)7-18-11(2)21-16/h7,9,14H,4-6,8H2,1-3H3,(H,19,23)/t14-/m0/s1. The minimum Gasteiger partial charge on any atom is -0.448 e. The zero-order chi connectivity index (χ0) is 18.0. The summed E-state index contributed by atoms with van der Waals surface area (Å²) < 4.78 is 5.16. The van der Waals surface area contributed by atoms with Gasteiger partial charge < -0.3 is 14.6 Å². The lowest BCUT2D eigenvalue weighted by atomic mass is 10.1. The lowest BCUT2D eigenvalue weighted by molar-refractivity contribution is -0.119. The van der Waals surface area contributed by atoms with Gasteiger partial charge in [0.2, 0.25) is 5.91 Å². The third kappa shape index (κ3) is 3.52. The predicted molar refractivity (Wildman–Crippen MR) is 88.5 cm³/mol. The van der Waals surface area contributed by atoms with Crippen molar-refractivity contribution in [3.05, 3.63) is 41.1 Å². The quantitative estimate of drug-likeness (QED) is 0.906. The van der Waals surface area contributed by atoms with Gasteiger partial charge in [-0.25, -0.2) is 15.0 Å². The maximum atomic E-state index is 12.9. The number of hydrogen-bond donors (Lipinski definition) is 1. The molecule has 0 aliphatic carbocycles. The van der Waals surface area contributed by atoms with Crippen LogP contribution in [0.4, 0.5) is 0 Å². The number of carbonyl (C=O) groups excluding carboxylic acids is 2. The summed E-state index contributed by atoms with van der Waals surface area (Å²) in [4.78, 5) is 38.7. The third-order valence-corrected chi connectivity index (χ3v) is 4.32. The molecule has 3 heterocycles. The van der Waals surface area contributed by atoms with E-state index in [0.29, 0.717) is 30.4 Å². The topological polar surface area (TPSA) is 101 Å². The highest BCUT2D eigenvalue weighted by atomic mass is 16.3. The van der Waals surface area contributed by atoms with Crippen LogP contribution in [0.25, 0.3) is 0 Å². The molecule has 3 rings (SSSR count). The monoisotopic (exact) mass is 343 g/mol. The van der Waals surface area contributed by atoms with Crippen molar-refractivity contribution < 1.29 is 14.0 Å². The molecular formula is C17H21N5O3. The molecule has 0 radical (unpaired) electrons. The fourth-order valence-corrected chi connectivity index (χ4v) is 3.10. The Bertz CT molecular complexity index is 801. The Hall–Kier alpha value is -2.77. The first-order chi connectivity index (χ1) is 12.0. The van der Waals surface area contributed by atoms with E-state index >= 15 is 0 Å². The minimum atomic E-state index is -0.158. The normalized spacial score (nSPS) is 16.9. The van der Waals surface area contributed by atoms with Crippen LogP contribution in [-0.4, -0.2) is 38.2 Å². The Morgan fingerprint density at radius 1 is 1.36 bits per heavy atom. The minimum absolute atomic E-state index is 0.121. The smallest absolute Gasteiger partial charge is 0.276 e. The van der Waals surface area contributed by atoms with Crippen LogP contribution in [0.1, 0.15) is 59.1 Å². The molecule has 1 fully saturated rings. The van der Waals surface area contributed by atoms with E-state index < -0.39 is 0 Å². The highest BCUT2D eigenvalue weighted by Gasteiger charge is 2.34. The summed E-state index contributed by atoms with van der Waals surface area (Å²) in [6.07, 6.45) is 4.70. The lowest BCUT2D eigenvalue weighted by Gasteiger charge is -2.25. The van der Waals surface area contributed by atoms with Crippen LogP contribution in [0.2, 0.25) is 0 Å². The first kappa shape index (κ1) is 17.1. The molecule has 1 atom stereocenters. The van der Waals surface area contributed by atoms with Crippen LogP contribution >= 0.6 is 0 Å². The first-order valence-corrected chi connectivity index (χ1v) is 8.25. The number of aryl methyl sites for hydroxylation is 2. The number of aromatic nitrogens is 3. The first-order valence-electron chi connectivity index (χ1n) is 8.25. The lowest BCUT2D eigenvalue weighted by Crippen LogP contribution is -2.33. The van der Waals surface area contributed by atoms with Crippen molar-refractivity contribution in [3.8, 4) is 0 Å². The number of hydrogen-bond acceptors (Lipinski definition) is 6. The zero-order valence-corrected chi connectivity index (χ0v) is 14.6. The molecule has 2 amide bonds. The molecule has 25 heavy (non-hydrogen) atoms. The molecular weight excluding hydrogens is 322 g/mol. The second-order valence-corrected chi connectivity index (χ2v) is 6.15. The molecule has 0 saturated carbocycles. The van der Waals surface area contributed by atoms with E-state index in [4.69, 9.17) is 4.42 Å². The number of rotatable bonds is 4. The van der Waals surface area contributed by atoms with Crippen molar-refractivity contribution in [1.29, 1.82) is 0 Å². The average Bonchev–Trinajstić information content (AvgIpc) is 3.21. The molecule has 8 nitrogen and oxygen atoms in total. The molecule has 1 N–H and O–H groups in total. The molecule has 8 heteroatoms. The van der Waals surface area contributed by atoms with Gasteiger partial charge in [-0.05, 0) is 26.7 Å². The van der Waals surface area contributed by atoms with E-state index in [1.807, 2.05) is 6.92 Å². The van der Waals surface area contributed by atoms with Gasteiger partial charge in [-0.3, -0.25) is 9.59 Å². The second kappa shape index (κ2) is 7.00. The number of nitrogens with zero attached hydrogens (tertiary/aromatic N) is 4. The highest BCUT2D eigenvalue weighted by molar-refractivity contribution is 5.93. The van der Waals surface area contributed by atoms with E-state index in [9.17, 15) is 9.59 Å². The summed E-state index contributed by atoms with van der Waals surface area (Å²) in [7, 11) is 0. The van der Waals surface area contributed by atoms with Crippen molar-refractivity contribution in [2.45, 2.75) is 46.2 Å². The van der Waals surface area contributed by atoms with Gasteiger partial charge in [-0.2, -0.15) is 0 Å². The van der Waals surface area contributed by atoms with Gasteiger partial charge in [0.05, 0.1) is 11.7 Å². The van der Waals surface area contributed by atoms with Crippen LogP contribution in [0.15, 0.2) is 17.0 Å². The largest absolute Gasteiger partial charge is 0.448 e. The second-order valence-electron chi connectivity index (χ2n) is 6.15. The van der Waals surface area contributed by atoms with Gasteiger partial charge in [0.1, 0.15) is 11.6 Å². The summed E-state index contributed by atoms with van der Waals surface area (Å²) in [5, 5.41) is 2.78. The fourth-order valence-electron chi connectivity index (χ4n) is 3.10. The molecule has 2 aromatic rings. The fraction of sp³-hybridized carbons (Fsp3) is 0.471. The van der Waals surface area contributed by atoms with Crippen LogP contribution in [-0.2, 0) is 11.3 Å².